The molecule has 0 N–H and O–H groups in total. The first-order valence-corrected chi connectivity index (χ1v) is 7.52. The molecule has 0 bridgehead atoms. The molecule has 1 saturated carbocycles. The van der Waals surface area contributed by atoms with Crippen LogP contribution in [0.2, 0.25) is 0 Å². The Morgan fingerprint density at radius 3 is 1.74 bits per heavy atom. The van der Waals surface area contributed by atoms with Crippen LogP contribution in [0, 0.1) is 11.8 Å². The van der Waals surface area contributed by atoms with Crippen LogP contribution in [-0.2, 0) is 9.47 Å². The zero-order valence-corrected chi connectivity index (χ0v) is 13.0. The number of hydrogen-bond donors (Lipinski definition) is 0. The Hall–Kier alpha value is -0.920. The largest absolute Gasteiger partial charge is 0.491 e. The van der Waals surface area contributed by atoms with Crippen LogP contribution in [0.3, 0.4) is 0 Å². The summed E-state index contributed by atoms with van der Waals surface area (Å²) in [5.41, 5.74) is -1.39. The van der Waals surface area contributed by atoms with Crippen LogP contribution in [0.4, 0.5) is 26.3 Å². The van der Waals surface area contributed by atoms with Crippen LogP contribution in [0.1, 0.15) is 32.6 Å². The summed E-state index contributed by atoms with van der Waals surface area (Å²) in [6.07, 6.45) is 2.95. The van der Waals surface area contributed by atoms with Gasteiger partial charge in [0, 0.05) is 19.3 Å². The Morgan fingerprint density at radius 2 is 1.35 bits per heavy atom. The van der Waals surface area contributed by atoms with Crippen molar-refractivity contribution >= 4 is 0 Å². The number of allylic oxidation sites excluding steroid dienone is 2. The number of methoxy groups -OCH3 is 1. The summed E-state index contributed by atoms with van der Waals surface area (Å²) in [4.78, 5) is 0. The molecule has 2 aliphatic carbocycles. The molecule has 0 amide bonds. The fourth-order valence-corrected chi connectivity index (χ4v) is 3.15. The second-order valence-electron chi connectivity index (χ2n) is 6.33. The molecule has 2 rings (SSSR count). The minimum atomic E-state index is -5.46. The average Bonchev–Trinajstić information content (AvgIpc) is 2.56. The summed E-state index contributed by atoms with van der Waals surface area (Å²) < 4.78 is 90.4. The SMILES string of the molecule is COCC1CCC(COC2=C(C)C(F)(F)C(F)(F)C2(F)F)CC1. The van der Waals surface area contributed by atoms with Crippen molar-refractivity contribution in [3.63, 3.8) is 0 Å². The lowest BCUT2D eigenvalue weighted by molar-refractivity contribution is -0.271. The molecule has 2 aliphatic rings. The van der Waals surface area contributed by atoms with Gasteiger partial charge in [0.1, 0.15) is 0 Å². The third kappa shape index (κ3) is 2.94. The molecule has 1 fully saturated rings. The average molecular weight is 346 g/mol. The molecule has 0 heterocycles. The lowest BCUT2D eigenvalue weighted by Crippen LogP contribution is -2.49. The molecular weight excluding hydrogens is 326 g/mol. The lowest BCUT2D eigenvalue weighted by Gasteiger charge is -2.29. The Labute approximate surface area is 130 Å². The number of rotatable bonds is 5. The fraction of sp³-hybridized carbons (Fsp3) is 0.867. The summed E-state index contributed by atoms with van der Waals surface area (Å²) in [5, 5.41) is 0. The van der Waals surface area contributed by atoms with E-state index in [2.05, 4.69) is 0 Å². The van der Waals surface area contributed by atoms with Gasteiger partial charge in [-0.3, -0.25) is 0 Å². The number of halogens is 6. The maximum absolute atomic E-state index is 13.6. The molecule has 2 nitrogen and oxygen atoms in total. The van der Waals surface area contributed by atoms with E-state index in [1.165, 1.54) is 0 Å². The van der Waals surface area contributed by atoms with E-state index in [0.717, 1.165) is 12.8 Å². The van der Waals surface area contributed by atoms with E-state index in [1.807, 2.05) is 0 Å². The second kappa shape index (κ2) is 6.18. The van der Waals surface area contributed by atoms with Gasteiger partial charge in [-0.15, -0.1) is 0 Å². The minimum absolute atomic E-state index is 0.109. The van der Waals surface area contributed by atoms with E-state index in [9.17, 15) is 26.3 Å². The van der Waals surface area contributed by atoms with E-state index in [0.29, 0.717) is 32.3 Å². The number of hydrogen-bond acceptors (Lipinski definition) is 2. The highest BCUT2D eigenvalue weighted by Gasteiger charge is 2.80. The third-order valence-electron chi connectivity index (χ3n) is 4.72. The number of alkyl halides is 6. The van der Waals surface area contributed by atoms with Crippen molar-refractivity contribution in [3.8, 4) is 0 Å². The van der Waals surface area contributed by atoms with Gasteiger partial charge in [-0.25, -0.2) is 0 Å². The van der Waals surface area contributed by atoms with Gasteiger partial charge < -0.3 is 9.47 Å². The van der Waals surface area contributed by atoms with E-state index < -0.39 is 29.1 Å². The molecule has 0 radical (unpaired) electrons. The molecular formula is C15H20F6O2. The van der Waals surface area contributed by atoms with Gasteiger partial charge in [-0.1, -0.05) is 0 Å². The molecule has 0 aliphatic heterocycles. The predicted molar refractivity (Wildman–Crippen MR) is 70.8 cm³/mol. The van der Waals surface area contributed by atoms with Crippen LogP contribution < -0.4 is 0 Å². The van der Waals surface area contributed by atoms with Gasteiger partial charge in [-0.05, 0) is 44.4 Å². The number of ether oxygens (including phenoxy) is 2. The highest BCUT2D eigenvalue weighted by molar-refractivity contribution is 5.36. The monoisotopic (exact) mass is 346 g/mol. The Bertz CT molecular complexity index is 467. The summed E-state index contributed by atoms with van der Waals surface area (Å²) in [6.45, 7) is 0.919. The van der Waals surface area contributed by atoms with Gasteiger partial charge >= 0.3 is 17.8 Å². The quantitative estimate of drug-likeness (QED) is 0.675. The molecule has 0 atom stereocenters. The fourth-order valence-electron chi connectivity index (χ4n) is 3.15. The van der Waals surface area contributed by atoms with E-state index in [-0.39, 0.29) is 12.5 Å². The van der Waals surface area contributed by atoms with Crippen molar-refractivity contribution in [1.82, 2.24) is 0 Å². The first-order valence-electron chi connectivity index (χ1n) is 7.52. The molecule has 23 heavy (non-hydrogen) atoms. The Balaban J connectivity index is 2.00. The summed E-state index contributed by atoms with van der Waals surface area (Å²) >= 11 is 0. The highest BCUT2D eigenvalue weighted by atomic mass is 19.3. The van der Waals surface area contributed by atoms with Crippen LogP contribution in [0.5, 0.6) is 0 Å². The van der Waals surface area contributed by atoms with E-state index in [4.69, 9.17) is 9.47 Å². The van der Waals surface area contributed by atoms with Crippen molar-refractivity contribution < 1.29 is 35.8 Å². The first kappa shape index (κ1) is 18.4. The summed E-state index contributed by atoms with van der Waals surface area (Å²) in [7, 11) is 1.59. The molecule has 0 aromatic heterocycles. The maximum Gasteiger partial charge on any atom is 0.383 e. The third-order valence-corrected chi connectivity index (χ3v) is 4.72. The first-order chi connectivity index (χ1) is 10.6. The highest BCUT2D eigenvalue weighted by Crippen LogP contribution is 2.59. The predicted octanol–water partition coefficient (Wildman–Crippen LogP) is 4.65. The Kier molecular flexibility index (Phi) is 4.95. The summed E-state index contributed by atoms with van der Waals surface area (Å²) in [6, 6.07) is 0. The maximum atomic E-state index is 13.6. The van der Waals surface area contributed by atoms with Gasteiger partial charge in [0.2, 0.25) is 0 Å². The van der Waals surface area contributed by atoms with Gasteiger partial charge in [0.15, 0.2) is 5.76 Å². The van der Waals surface area contributed by atoms with Gasteiger partial charge in [0.05, 0.1) is 6.61 Å². The van der Waals surface area contributed by atoms with Crippen molar-refractivity contribution in [2.45, 2.75) is 50.4 Å². The summed E-state index contributed by atoms with van der Waals surface area (Å²) in [5.74, 6) is -16.7. The zero-order chi connectivity index (χ0) is 17.5. The van der Waals surface area contributed by atoms with Crippen molar-refractivity contribution in [2.24, 2.45) is 11.8 Å². The molecule has 0 aromatic carbocycles. The molecule has 0 saturated heterocycles. The van der Waals surface area contributed by atoms with Crippen LogP contribution in [0.25, 0.3) is 0 Å². The van der Waals surface area contributed by atoms with Crippen molar-refractivity contribution in [3.05, 3.63) is 11.3 Å². The van der Waals surface area contributed by atoms with Crippen LogP contribution in [0.15, 0.2) is 11.3 Å². The van der Waals surface area contributed by atoms with E-state index in [1.54, 1.807) is 7.11 Å². The standard InChI is InChI=1S/C15H20F6O2/c1-9-12(14(18,19)15(20,21)13(9,16)17)23-8-11-5-3-10(4-6-11)7-22-2/h10-11H,3-8H2,1-2H3. The topological polar surface area (TPSA) is 18.5 Å². The van der Waals surface area contributed by atoms with Crippen LogP contribution in [-0.4, -0.2) is 38.1 Å². The van der Waals surface area contributed by atoms with Crippen LogP contribution >= 0.6 is 0 Å². The van der Waals surface area contributed by atoms with Crippen molar-refractivity contribution in [2.75, 3.05) is 20.3 Å². The van der Waals surface area contributed by atoms with E-state index >= 15 is 0 Å². The molecule has 0 unspecified atom stereocenters. The van der Waals surface area contributed by atoms with Gasteiger partial charge in [0.25, 0.3) is 0 Å². The molecule has 134 valence electrons. The molecule has 0 spiro atoms. The lowest BCUT2D eigenvalue weighted by atomic mass is 9.83. The smallest absolute Gasteiger partial charge is 0.383 e. The minimum Gasteiger partial charge on any atom is -0.491 e. The van der Waals surface area contributed by atoms with Crippen molar-refractivity contribution in [1.29, 1.82) is 0 Å². The molecule has 0 aromatic rings. The Morgan fingerprint density at radius 1 is 0.870 bits per heavy atom. The van der Waals surface area contributed by atoms with Gasteiger partial charge in [-0.2, -0.15) is 26.3 Å². The molecule has 8 heteroatoms. The normalized spacial score (nSPS) is 32.2. The second-order valence-corrected chi connectivity index (χ2v) is 6.33. The zero-order valence-electron chi connectivity index (χ0n) is 13.0.